The monoisotopic (exact) mass is 408 g/mol. The summed E-state index contributed by atoms with van der Waals surface area (Å²) in [6, 6.07) is 7.26. The lowest BCUT2D eigenvalue weighted by molar-refractivity contribution is -0.385. The second kappa shape index (κ2) is 7.37. The molecule has 3 aromatic rings. The molecule has 2 aromatic heterocycles. The number of rotatable bonds is 5. The fourth-order valence-electron chi connectivity index (χ4n) is 2.50. The van der Waals surface area contributed by atoms with Gasteiger partial charge in [0, 0.05) is 18.3 Å². The van der Waals surface area contributed by atoms with Crippen molar-refractivity contribution in [3.8, 4) is 0 Å². The van der Waals surface area contributed by atoms with Crippen LogP contribution in [0.25, 0.3) is 0 Å². The van der Waals surface area contributed by atoms with Crippen LogP contribution in [0.4, 0.5) is 11.5 Å². The van der Waals surface area contributed by atoms with E-state index in [0.717, 1.165) is 5.56 Å². The highest BCUT2D eigenvalue weighted by atomic mass is 35.5. The quantitative estimate of drug-likeness (QED) is 0.513. The highest BCUT2D eigenvalue weighted by Crippen LogP contribution is 2.26. The minimum atomic E-state index is -0.768. The highest BCUT2D eigenvalue weighted by Gasteiger charge is 2.29. The minimum absolute atomic E-state index is 0.0753. The third-order valence-corrected chi connectivity index (χ3v) is 4.58. The Kier molecular flexibility index (Phi) is 5.15. The van der Waals surface area contributed by atoms with E-state index in [2.05, 4.69) is 15.5 Å². The molecule has 0 saturated carbocycles. The molecule has 0 radical (unpaired) electrons. The Labute approximate surface area is 163 Å². The van der Waals surface area contributed by atoms with Crippen molar-refractivity contribution in [3.05, 3.63) is 67.6 Å². The van der Waals surface area contributed by atoms with Gasteiger partial charge in [0.05, 0.1) is 11.5 Å². The van der Waals surface area contributed by atoms with Crippen molar-refractivity contribution in [2.75, 3.05) is 5.32 Å². The van der Waals surface area contributed by atoms with Crippen molar-refractivity contribution >= 4 is 40.6 Å². The van der Waals surface area contributed by atoms with Crippen molar-refractivity contribution in [3.63, 3.8) is 0 Å². The first-order valence-corrected chi connectivity index (χ1v) is 8.49. The number of halogens is 2. The summed E-state index contributed by atoms with van der Waals surface area (Å²) in [4.78, 5) is 23.0. The van der Waals surface area contributed by atoms with Crippen LogP contribution in [0.15, 0.2) is 30.5 Å². The van der Waals surface area contributed by atoms with E-state index in [9.17, 15) is 14.9 Å². The van der Waals surface area contributed by atoms with E-state index in [0.29, 0.717) is 11.6 Å². The van der Waals surface area contributed by atoms with E-state index in [4.69, 9.17) is 23.2 Å². The van der Waals surface area contributed by atoms with Gasteiger partial charge >= 0.3 is 5.69 Å². The number of nitrogens with one attached hydrogen (secondary N) is 1. The van der Waals surface area contributed by atoms with Crippen LogP contribution in [-0.2, 0) is 13.6 Å². The number of aryl methyl sites for hydroxylation is 1. The summed E-state index contributed by atoms with van der Waals surface area (Å²) in [6.45, 7) is 1.85. The lowest BCUT2D eigenvalue weighted by atomic mass is 10.2. The van der Waals surface area contributed by atoms with E-state index in [-0.39, 0.29) is 27.9 Å². The van der Waals surface area contributed by atoms with Crippen LogP contribution in [0, 0.1) is 17.0 Å². The molecule has 0 aliphatic carbocycles. The van der Waals surface area contributed by atoms with Gasteiger partial charge < -0.3 is 5.32 Å². The molecule has 9 nitrogen and oxygen atoms in total. The molecular formula is C16H14Cl2N6O3. The summed E-state index contributed by atoms with van der Waals surface area (Å²) < 4.78 is 2.78. The fourth-order valence-corrected chi connectivity index (χ4v) is 2.89. The molecule has 0 aliphatic heterocycles. The summed E-state index contributed by atoms with van der Waals surface area (Å²) in [6.07, 6.45) is 1.53. The van der Waals surface area contributed by atoms with E-state index in [1.165, 1.54) is 29.5 Å². The zero-order valence-electron chi connectivity index (χ0n) is 14.3. The van der Waals surface area contributed by atoms with Crippen molar-refractivity contribution in [1.82, 2.24) is 19.6 Å². The predicted octanol–water partition coefficient (Wildman–Crippen LogP) is 3.44. The smallest absolute Gasteiger partial charge is 0.302 e. The molecule has 0 unspecified atom stereocenters. The summed E-state index contributed by atoms with van der Waals surface area (Å²) in [7, 11) is 1.52. The second-order valence-corrected chi connectivity index (χ2v) is 6.55. The molecule has 0 aliphatic rings. The maximum atomic E-state index is 12.5. The average molecular weight is 409 g/mol. The first kappa shape index (κ1) is 18.9. The molecular weight excluding hydrogens is 395 g/mol. The molecule has 3 rings (SSSR count). The molecule has 140 valence electrons. The van der Waals surface area contributed by atoms with Crippen molar-refractivity contribution in [1.29, 1.82) is 0 Å². The van der Waals surface area contributed by atoms with Gasteiger partial charge in [-0.05, 0) is 18.6 Å². The maximum Gasteiger partial charge on any atom is 0.322 e. The fraction of sp³-hybridized carbons (Fsp3) is 0.188. The van der Waals surface area contributed by atoms with Crippen LogP contribution < -0.4 is 5.32 Å². The number of hydrogen-bond donors (Lipinski definition) is 1. The lowest BCUT2D eigenvalue weighted by Crippen LogP contribution is -2.15. The average Bonchev–Trinajstić information content (AvgIpc) is 3.10. The molecule has 2 heterocycles. The molecule has 0 saturated heterocycles. The molecule has 0 atom stereocenters. The van der Waals surface area contributed by atoms with Gasteiger partial charge in [-0.25, -0.2) is 0 Å². The number of benzene rings is 1. The van der Waals surface area contributed by atoms with E-state index >= 15 is 0 Å². The number of nitro groups is 1. The van der Waals surface area contributed by atoms with Gasteiger partial charge in [-0.2, -0.15) is 10.2 Å². The minimum Gasteiger partial charge on any atom is -0.302 e. The second-order valence-electron chi connectivity index (χ2n) is 5.73. The number of nitrogens with zero attached hydrogens (tertiary/aromatic N) is 5. The number of anilines is 1. The molecule has 1 N–H and O–H groups in total. The van der Waals surface area contributed by atoms with Crippen LogP contribution in [0.3, 0.4) is 0 Å². The Hall–Kier alpha value is -2.91. The predicted molar refractivity (Wildman–Crippen MR) is 100 cm³/mol. The molecule has 11 heteroatoms. The van der Waals surface area contributed by atoms with E-state index < -0.39 is 10.8 Å². The molecule has 1 aromatic carbocycles. The summed E-state index contributed by atoms with van der Waals surface area (Å²) in [5, 5.41) is 22.6. The molecule has 27 heavy (non-hydrogen) atoms. The Morgan fingerprint density at radius 3 is 2.63 bits per heavy atom. The SMILES string of the molecule is Cc1c([N+](=O)[O-])c(C(=O)Nc2nn(Cc3ccccc3Cl)cc2Cl)nn1C. The molecule has 0 fully saturated rings. The van der Waals surface area contributed by atoms with Crippen LogP contribution in [0.1, 0.15) is 21.7 Å². The highest BCUT2D eigenvalue weighted by molar-refractivity contribution is 6.33. The maximum absolute atomic E-state index is 12.5. The van der Waals surface area contributed by atoms with Crippen LogP contribution in [0.5, 0.6) is 0 Å². The van der Waals surface area contributed by atoms with Gasteiger partial charge in [0.25, 0.3) is 5.91 Å². The molecule has 0 bridgehead atoms. The Balaban J connectivity index is 1.84. The first-order valence-electron chi connectivity index (χ1n) is 7.73. The Morgan fingerprint density at radius 2 is 1.96 bits per heavy atom. The van der Waals surface area contributed by atoms with Crippen LogP contribution >= 0.6 is 23.2 Å². The zero-order valence-corrected chi connectivity index (χ0v) is 15.8. The Bertz CT molecular complexity index is 1040. The van der Waals surface area contributed by atoms with Gasteiger partial charge in [-0.3, -0.25) is 24.3 Å². The normalized spacial score (nSPS) is 10.8. The van der Waals surface area contributed by atoms with Gasteiger partial charge in [0.1, 0.15) is 10.7 Å². The van der Waals surface area contributed by atoms with Gasteiger partial charge in [0.2, 0.25) is 5.69 Å². The van der Waals surface area contributed by atoms with E-state index in [1.807, 2.05) is 18.2 Å². The third kappa shape index (κ3) is 3.79. The number of amides is 1. The van der Waals surface area contributed by atoms with Gasteiger partial charge in [-0.15, -0.1) is 0 Å². The van der Waals surface area contributed by atoms with Crippen LogP contribution in [-0.4, -0.2) is 30.4 Å². The van der Waals surface area contributed by atoms with Gasteiger partial charge in [-0.1, -0.05) is 41.4 Å². The molecule has 1 amide bonds. The number of carbonyl (C=O) groups excluding carboxylic acids is 1. The number of hydrogen-bond acceptors (Lipinski definition) is 5. The van der Waals surface area contributed by atoms with E-state index in [1.54, 1.807) is 6.07 Å². The largest absolute Gasteiger partial charge is 0.322 e. The van der Waals surface area contributed by atoms with Crippen LogP contribution in [0.2, 0.25) is 10.0 Å². The lowest BCUT2D eigenvalue weighted by Gasteiger charge is -2.04. The standard InChI is InChI=1S/C16H14Cl2N6O3/c1-9-14(24(26)27)13(20-22(9)2)16(25)19-15-12(18)8-23(21-15)7-10-5-3-4-6-11(10)17/h3-6,8H,7H2,1-2H3,(H,19,21,25). The van der Waals surface area contributed by atoms with Gasteiger partial charge in [0.15, 0.2) is 5.82 Å². The van der Waals surface area contributed by atoms with Crippen molar-refractivity contribution < 1.29 is 9.72 Å². The topological polar surface area (TPSA) is 108 Å². The number of aromatic nitrogens is 4. The summed E-state index contributed by atoms with van der Waals surface area (Å²) >= 11 is 12.3. The zero-order chi connectivity index (χ0) is 19.7. The third-order valence-electron chi connectivity index (χ3n) is 3.94. The molecule has 0 spiro atoms. The Morgan fingerprint density at radius 1 is 1.26 bits per heavy atom. The summed E-state index contributed by atoms with van der Waals surface area (Å²) in [5.41, 5.74) is 0.422. The first-order chi connectivity index (χ1) is 12.8. The van der Waals surface area contributed by atoms with Crippen molar-refractivity contribution in [2.45, 2.75) is 13.5 Å². The number of carbonyl (C=O) groups is 1. The summed E-state index contributed by atoms with van der Waals surface area (Å²) in [5.74, 6) is -0.693. The van der Waals surface area contributed by atoms with Crippen molar-refractivity contribution in [2.24, 2.45) is 7.05 Å².